The molecule has 5 aromatic rings. The van der Waals surface area contributed by atoms with E-state index < -0.39 is 10.0 Å². The summed E-state index contributed by atoms with van der Waals surface area (Å²) in [5.41, 5.74) is 2.76. The van der Waals surface area contributed by atoms with Crippen molar-refractivity contribution in [3.8, 4) is 0 Å². The van der Waals surface area contributed by atoms with E-state index in [-0.39, 0.29) is 5.82 Å². The largest absolute Gasteiger partial charge is 0.356 e. The second kappa shape index (κ2) is 9.54. The van der Waals surface area contributed by atoms with E-state index in [2.05, 4.69) is 15.2 Å². The summed E-state index contributed by atoms with van der Waals surface area (Å²) < 4.78 is 48.0. The van der Waals surface area contributed by atoms with Gasteiger partial charge < -0.3 is 9.84 Å². The third-order valence-corrected chi connectivity index (χ3v) is 8.05. The molecule has 34 heavy (non-hydrogen) atoms. The molecule has 0 aliphatic heterocycles. The summed E-state index contributed by atoms with van der Waals surface area (Å²) in [6, 6.07) is 19.3. The number of anilines is 1. The van der Waals surface area contributed by atoms with Gasteiger partial charge in [-0.05, 0) is 55.3 Å². The van der Waals surface area contributed by atoms with Crippen molar-refractivity contribution < 1.29 is 17.3 Å². The van der Waals surface area contributed by atoms with Crippen LogP contribution < -0.4 is 10.0 Å². The molecule has 0 bridgehead atoms. The van der Waals surface area contributed by atoms with E-state index in [1.54, 1.807) is 17.5 Å². The predicted octanol–water partition coefficient (Wildman–Crippen LogP) is 5.70. The van der Waals surface area contributed by atoms with Crippen LogP contribution in [0.15, 0.2) is 81.5 Å². The van der Waals surface area contributed by atoms with Gasteiger partial charge in [-0.25, -0.2) is 12.8 Å². The highest BCUT2D eigenvalue weighted by atomic mass is 32.2. The van der Waals surface area contributed by atoms with Crippen molar-refractivity contribution in [2.24, 2.45) is 0 Å². The van der Waals surface area contributed by atoms with Crippen molar-refractivity contribution in [3.63, 3.8) is 0 Å². The highest BCUT2D eigenvalue weighted by Crippen LogP contribution is 2.30. The van der Waals surface area contributed by atoms with Crippen LogP contribution in [0, 0.1) is 5.82 Å². The second-order valence-corrected chi connectivity index (χ2v) is 10.5. The molecule has 0 fully saturated rings. The Hall–Kier alpha value is -3.27. The first-order chi connectivity index (χ1) is 16.5. The maximum atomic E-state index is 13.3. The number of hydrogen-bond donors (Lipinski definition) is 2. The number of nitrogens with zero attached hydrogens (tertiary/aromatic N) is 1. The van der Waals surface area contributed by atoms with Crippen molar-refractivity contribution in [1.29, 1.82) is 0 Å². The molecule has 174 valence electrons. The number of aryl methyl sites for hydroxylation is 1. The van der Waals surface area contributed by atoms with Gasteiger partial charge in [0.2, 0.25) is 0 Å². The van der Waals surface area contributed by atoms with Crippen molar-refractivity contribution in [2.75, 3.05) is 11.3 Å². The molecule has 9 heteroatoms. The van der Waals surface area contributed by atoms with Crippen LogP contribution in [0.2, 0.25) is 0 Å². The van der Waals surface area contributed by atoms with Crippen molar-refractivity contribution in [2.45, 2.75) is 24.3 Å². The fourth-order valence-electron chi connectivity index (χ4n) is 3.87. The van der Waals surface area contributed by atoms with Gasteiger partial charge in [0.1, 0.15) is 10.7 Å². The normalized spacial score (nSPS) is 11.9. The van der Waals surface area contributed by atoms with Crippen molar-refractivity contribution in [3.05, 3.63) is 89.2 Å². The molecule has 6 nitrogen and oxygen atoms in total. The summed E-state index contributed by atoms with van der Waals surface area (Å²) in [6.07, 6.45) is 1.54. The van der Waals surface area contributed by atoms with E-state index in [1.807, 2.05) is 42.5 Å². The lowest BCUT2D eigenvalue weighted by Crippen LogP contribution is -2.16. The summed E-state index contributed by atoms with van der Waals surface area (Å²) in [7, 11) is -3.69. The molecular weight excluding hydrogens is 473 g/mol. The van der Waals surface area contributed by atoms with Crippen molar-refractivity contribution in [1.82, 2.24) is 10.5 Å². The Morgan fingerprint density at radius 3 is 2.79 bits per heavy atom. The maximum Gasteiger partial charge on any atom is 0.263 e. The molecule has 0 saturated heterocycles. The van der Waals surface area contributed by atoms with E-state index >= 15 is 0 Å². The Morgan fingerprint density at radius 1 is 1.00 bits per heavy atom. The van der Waals surface area contributed by atoms with Crippen LogP contribution in [0.3, 0.4) is 0 Å². The first-order valence-electron chi connectivity index (χ1n) is 10.8. The highest BCUT2D eigenvalue weighted by molar-refractivity contribution is 7.93. The van der Waals surface area contributed by atoms with Crippen LogP contribution in [-0.2, 0) is 23.0 Å². The minimum Gasteiger partial charge on any atom is -0.356 e. The fraction of sp³-hybridized carbons (Fsp3) is 0.160. The Kier molecular flexibility index (Phi) is 6.32. The van der Waals surface area contributed by atoms with E-state index in [4.69, 9.17) is 4.52 Å². The second-order valence-electron chi connectivity index (χ2n) is 7.95. The van der Waals surface area contributed by atoms with Gasteiger partial charge >= 0.3 is 0 Å². The lowest BCUT2D eigenvalue weighted by Gasteiger charge is -2.10. The van der Waals surface area contributed by atoms with Gasteiger partial charge in [0.25, 0.3) is 10.0 Å². The molecule has 0 radical (unpaired) electrons. The number of sulfonamides is 1. The SMILES string of the molecule is O=S(=O)(Nc1cccc(CNCCCc2noc3cc(F)ccc23)c1)c1csc2ccccc12. The monoisotopic (exact) mass is 495 g/mol. The summed E-state index contributed by atoms with van der Waals surface area (Å²) in [5.74, 6) is -0.343. The van der Waals surface area contributed by atoms with E-state index in [9.17, 15) is 12.8 Å². The van der Waals surface area contributed by atoms with Gasteiger partial charge in [-0.1, -0.05) is 35.5 Å². The molecule has 5 rings (SSSR count). The Balaban J connectivity index is 1.17. The predicted molar refractivity (Wildman–Crippen MR) is 133 cm³/mol. The molecule has 0 amide bonds. The zero-order valence-electron chi connectivity index (χ0n) is 18.1. The summed E-state index contributed by atoms with van der Waals surface area (Å²) >= 11 is 1.41. The fourth-order valence-corrected chi connectivity index (χ4v) is 6.43. The highest BCUT2D eigenvalue weighted by Gasteiger charge is 2.19. The van der Waals surface area contributed by atoms with E-state index in [1.165, 1.54) is 23.5 Å². The van der Waals surface area contributed by atoms with Gasteiger partial charge in [0, 0.05) is 39.2 Å². The average Bonchev–Trinajstić information content (AvgIpc) is 3.43. The first kappa shape index (κ1) is 22.5. The lowest BCUT2D eigenvalue weighted by molar-refractivity contribution is 0.442. The molecule has 0 aliphatic carbocycles. The van der Waals surface area contributed by atoms with Gasteiger partial charge in [-0.2, -0.15) is 0 Å². The molecule has 2 heterocycles. The van der Waals surface area contributed by atoms with Crippen LogP contribution in [0.4, 0.5) is 10.1 Å². The number of aromatic nitrogens is 1. The minimum atomic E-state index is -3.69. The topological polar surface area (TPSA) is 84.2 Å². The molecule has 0 unspecified atom stereocenters. The van der Waals surface area contributed by atoms with E-state index in [0.29, 0.717) is 29.1 Å². The van der Waals surface area contributed by atoms with Crippen LogP contribution in [-0.4, -0.2) is 20.1 Å². The van der Waals surface area contributed by atoms with Gasteiger partial charge in [-0.3, -0.25) is 4.72 Å². The molecule has 0 saturated carbocycles. The zero-order valence-corrected chi connectivity index (χ0v) is 19.8. The Bertz CT molecular complexity index is 1560. The third-order valence-electron chi connectivity index (χ3n) is 5.52. The Morgan fingerprint density at radius 2 is 1.88 bits per heavy atom. The van der Waals surface area contributed by atoms with E-state index in [0.717, 1.165) is 39.7 Å². The number of rotatable bonds is 9. The molecule has 2 aromatic heterocycles. The summed E-state index contributed by atoms with van der Waals surface area (Å²) in [6.45, 7) is 1.34. The van der Waals surface area contributed by atoms with Crippen molar-refractivity contribution >= 4 is 48.1 Å². The zero-order chi connectivity index (χ0) is 23.5. The molecule has 0 atom stereocenters. The summed E-state index contributed by atoms with van der Waals surface area (Å²) in [4.78, 5) is 0.291. The smallest absolute Gasteiger partial charge is 0.263 e. The molecule has 2 N–H and O–H groups in total. The number of fused-ring (bicyclic) bond motifs is 2. The van der Waals surface area contributed by atoms with Crippen LogP contribution in [0.1, 0.15) is 17.7 Å². The maximum absolute atomic E-state index is 13.3. The summed E-state index contributed by atoms with van der Waals surface area (Å²) in [5, 5.41) is 10.6. The third kappa shape index (κ3) is 4.82. The number of halogens is 1. The van der Waals surface area contributed by atoms with Crippen LogP contribution >= 0.6 is 11.3 Å². The van der Waals surface area contributed by atoms with Crippen LogP contribution in [0.5, 0.6) is 0 Å². The van der Waals surface area contributed by atoms with Crippen LogP contribution in [0.25, 0.3) is 21.1 Å². The quantitative estimate of drug-likeness (QED) is 0.256. The van der Waals surface area contributed by atoms with Gasteiger partial charge in [-0.15, -0.1) is 11.3 Å². The molecule has 3 aromatic carbocycles. The van der Waals surface area contributed by atoms with Gasteiger partial charge in [0.05, 0.1) is 5.69 Å². The molecule has 0 spiro atoms. The standard InChI is InChI=1S/C25H22FN3O3S2/c26-18-10-11-20-22(28-32-23(20)14-18)8-4-12-27-15-17-5-3-6-19(13-17)29-34(30,31)25-16-33-24-9-2-1-7-21(24)25/h1-3,5-7,9-11,13-14,16,27,29H,4,8,12,15H2. The number of thiophene rings is 1. The molecule has 0 aliphatic rings. The number of hydrogen-bond acceptors (Lipinski definition) is 6. The minimum absolute atomic E-state index is 0.291. The number of nitrogens with one attached hydrogen (secondary N) is 2. The molecular formula is C25H22FN3O3S2. The van der Waals surface area contributed by atoms with Gasteiger partial charge in [0.15, 0.2) is 5.58 Å². The Labute approximate surface area is 200 Å². The number of benzene rings is 3. The average molecular weight is 496 g/mol. The lowest BCUT2D eigenvalue weighted by atomic mass is 10.1. The first-order valence-corrected chi connectivity index (χ1v) is 13.2.